The molecule has 0 aliphatic heterocycles. The highest BCUT2D eigenvalue weighted by Gasteiger charge is 2.10. The summed E-state index contributed by atoms with van der Waals surface area (Å²) in [6, 6.07) is 13.7. The van der Waals surface area contributed by atoms with Crippen LogP contribution >= 0.6 is 0 Å². The van der Waals surface area contributed by atoms with Gasteiger partial charge in [-0.05, 0) is 36.4 Å². The molecule has 0 saturated heterocycles. The van der Waals surface area contributed by atoms with Crippen molar-refractivity contribution < 1.29 is 18.3 Å². The molecular weight excluding hydrogens is 363 g/mol. The van der Waals surface area contributed by atoms with Crippen molar-refractivity contribution in [3.05, 3.63) is 84.6 Å². The molecule has 0 aliphatic rings. The molecular formula is C20H13FN4O3. The van der Waals surface area contributed by atoms with Crippen molar-refractivity contribution in [3.8, 4) is 23.3 Å². The first-order valence-corrected chi connectivity index (χ1v) is 8.25. The lowest BCUT2D eigenvalue weighted by Crippen LogP contribution is -2.11. The summed E-state index contributed by atoms with van der Waals surface area (Å²) in [6.45, 7) is 0. The molecule has 7 nitrogen and oxygen atoms in total. The number of carbonyl (C=O) groups is 1. The third kappa shape index (κ3) is 4.01. The lowest BCUT2D eigenvalue weighted by molar-refractivity contribution is 0.102. The SMILES string of the molecule is O=C(Nc1cccc(Oc2ccnc(-c3ncco3)n2)c1)c1ccc(F)cc1. The molecule has 0 fully saturated rings. The Balaban J connectivity index is 1.49. The van der Waals surface area contributed by atoms with E-state index in [4.69, 9.17) is 9.15 Å². The van der Waals surface area contributed by atoms with Crippen LogP contribution in [-0.4, -0.2) is 20.9 Å². The second-order valence-electron chi connectivity index (χ2n) is 5.65. The number of carbonyl (C=O) groups excluding carboxylic acids is 1. The van der Waals surface area contributed by atoms with E-state index < -0.39 is 5.82 Å². The highest BCUT2D eigenvalue weighted by molar-refractivity contribution is 6.04. The van der Waals surface area contributed by atoms with Crippen molar-refractivity contribution in [2.45, 2.75) is 0 Å². The summed E-state index contributed by atoms with van der Waals surface area (Å²) >= 11 is 0. The molecule has 0 radical (unpaired) electrons. The minimum atomic E-state index is -0.402. The zero-order chi connectivity index (χ0) is 19.3. The van der Waals surface area contributed by atoms with Crippen molar-refractivity contribution in [1.29, 1.82) is 0 Å². The van der Waals surface area contributed by atoms with Crippen molar-refractivity contribution in [2.24, 2.45) is 0 Å². The van der Waals surface area contributed by atoms with Crippen LogP contribution in [0.3, 0.4) is 0 Å². The molecule has 2 aromatic heterocycles. The van der Waals surface area contributed by atoms with Crippen LogP contribution < -0.4 is 10.1 Å². The van der Waals surface area contributed by atoms with E-state index in [0.29, 0.717) is 28.7 Å². The van der Waals surface area contributed by atoms with Gasteiger partial charge in [-0.3, -0.25) is 4.79 Å². The second-order valence-corrected chi connectivity index (χ2v) is 5.65. The Morgan fingerprint density at radius 1 is 1.04 bits per heavy atom. The molecule has 1 N–H and O–H groups in total. The van der Waals surface area contributed by atoms with Gasteiger partial charge in [0, 0.05) is 29.6 Å². The maximum absolute atomic E-state index is 13.0. The number of anilines is 1. The topological polar surface area (TPSA) is 90.1 Å². The van der Waals surface area contributed by atoms with Gasteiger partial charge in [-0.2, -0.15) is 4.98 Å². The summed E-state index contributed by atoms with van der Waals surface area (Å²) in [5.41, 5.74) is 0.868. The van der Waals surface area contributed by atoms with Crippen LogP contribution in [0.2, 0.25) is 0 Å². The molecule has 8 heteroatoms. The maximum atomic E-state index is 13.0. The van der Waals surface area contributed by atoms with Crippen LogP contribution in [-0.2, 0) is 0 Å². The molecule has 1 amide bonds. The predicted octanol–water partition coefficient (Wildman–Crippen LogP) is 4.32. The Labute approximate surface area is 158 Å². The average molecular weight is 376 g/mol. The van der Waals surface area contributed by atoms with E-state index in [0.717, 1.165) is 0 Å². The van der Waals surface area contributed by atoms with Gasteiger partial charge in [0.15, 0.2) is 0 Å². The van der Waals surface area contributed by atoms with Gasteiger partial charge in [0.2, 0.25) is 11.7 Å². The summed E-state index contributed by atoms with van der Waals surface area (Å²) in [5, 5.41) is 2.74. The monoisotopic (exact) mass is 376 g/mol. The molecule has 4 rings (SSSR count). The average Bonchev–Trinajstić information content (AvgIpc) is 3.24. The Kier molecular flexibility index (Phi) is 4.75. The fourth-order valence-electron chi connectivity index (χ4n) is 2.40. The Morgan fingerprint density at radius 3 is 2.68 bits per heavy atom. The van der Waals surface area contributed by atoms with E-state index in [-0.39, 0.29) is 11.8 Å². The van der Waals surface area contributed by atoms with Gasteiger partial charge < -0.3 is 14.5 Å². The van der Waals surface area contributed by atoms with Crippen LogP contribution in [0, 0.1) is 5.82 Å². The van der Waals surface area contributed by atoms with Crippen LogP contribution in [0.1, 0.15) is 10.4 Å². The molecule has 2 heterocycles. The van der Waals surface area contributed by atoms with Crippen LogP contribution in [0.4, 0.5) is 10.1 Å². The first-order chi connectivity index (χ1) is 13.7. The highest BCUT2D eigenvalue weighted by atomic mass is 19.1. The number of nitrogens with one attached hydrogen (secondary N) is 1. The summed E-state index contributed by atoms with van der Waals surface area (Å²) in [6.07, 6.45) is 4.46. The van der Waals surface area contributed by atoms with Crippen molar-refractivity contribution >= 4 is 11.6 Å². The fourth-order valence-corrected chi connectivity index (χ4v) is 2.40. The summed E-state index contributed by atoms with van der Waals surface area (Å²) in [5.74, 6) is 0.583. The lowest BCUT2D eigenvalue weighted by atomic mass is 10.2. The van der Waals surface area contributed by atoms with Gasteiger partial charge in [-0.1, -0.05) is 6.07 Å². The standard InChI is InChI=1S/C20H13FN4O3/c21-14-6-4-13(5-7-14)19(26)24-15-2-1-3-16(12-15)28-17-8-9-22-18(25-17)20-23-10-11-27-20/h1-12H,(H,24,26). The number of halogens is 1. The fraction of sp³-hybridized carbons (Fsp3) is 0. The molecule has 0 atom stereocenters. The van der Waals surface area contributed by atoms with Crippen molar-refractivity contribution in [3.63, 3.8) is 0 Å². The molecule has 0 aliphatic carbocycles. The summed E-state index contributed by atoms with van der Waals surface area (Å²) in [4.78, 5) is 24.6. The van der Waals surface area contributed by atoms with Gasteiger partial charge in [-0.15, -0.1) is 0 Å². The molecule has 2 aromatic carbocycles. The predicted molar refractivity (Wildman–Crippen MR) is 98.4 cm³/mol. The molecule has 28 heavy (non-hydrogen) atoms. The third-order valence-electron chi connectivity index (χ3n) is 3.67. The summed E-state index contributed by atoms with van der Waals surface area (Å²) in [7, 11) is 0. The number of rotatable bonds is 5. The number of hydrogen-bond donors (Lipinski definition) is 1. The first kappa shape index (κ1) is 17.3. The van der Waals surface area contributed by atoms with Gasteiger partial charge in [0.25, 0.3) is 11.8 Å². The molecule has 0 unspecified atom stereocenters. The molecule has 0 saturated carbocycles. The second kappa shape index (κ2) is 7.67. The van der Waals surface area contributed by atoms with Crippen LogP contribution in [0.5, 0.6) is 11.6 Å². The van der Waals surface area contributed by atoms with Crippen LogP contribution in [0.15, 0.2) is 77.7 Å². The van der Waals surface area contributed by atoms with E-state index in [1.807, 2.05) is 0 Å². The van der Waals surface area contributed by atoms with E-state index >= 15 is 0 Å². The minimum absolute atomic E-state index is 0.283. The number of hydrogen-bond acceptors (Lipinski definition) is 6. The number of nitrogens with zero attached hydrogens (tertiary/aromatic N) is 3. The Morgan fingerprint density at radius 2 is 1.89 bits per heavy atom. The number of benzene rings is 2. The molecule has 138 valence electrons. The van der Waals surface area contributed by atoms with E-state index in [9.17, 15) is 9.18 Å². The Hall–Kier alpha value is -4.07. The normalized spacial score (nSPS) is 10.5. The van der Waals surface area contributed by atoms with Crippen LogP contribution in [0.25, 0.3) is 11.7 Å². The van der Waals surface area contributed by atoms with E-state index in [2.05, 4.69) is 20.3 Å². The first-order valence-electron chi connectivity index (χ1n) is 8.25. The highest BCUT2D eigenvalue weighted by Crippen LogP contribution is 2.24. The number of aromatic nitrogens is 3. The van der Waals surface area contributed by atoms with Gasteiger partial charge in [0.1, 0.15) is 17.8 Å². The number of amides is 1. The largest absolute Gasteiger partial charge is 0.442 e. The minimum Gasteiger partial charge on any atom is -0.442 e. The van der Waals surface area contributed by atoms with E-state index in [1.165, 1.54) is 42.9 Å². The molecule has 0 bridgehead atoms. The Bertz CT molecular complexity index is 1100. The maximum Gasteiger partial charge on any atom is 0.264 e. The summed E-state index contributed by atoms with van der Waals surface area (Å²) < 4.78 is 23.9. The zero-order valence-electron chi connectivity index (χ0n) is 14.4. The van der Waals surface area contributed by atoms with Gasteiger partial charge in [0.05, 0.1) is 6.20 Å². The number of ether oxygens (including phenoxy) is 1. The van der Waals surface area contributed by atoms with Gasteiger partial charge in [-0.25, -0.2) is 14.4 Å². The van der Waals surface area contributed by atoms with Crippen molar-refractivity contribution in [1.82, 2.24) is 15.0 Å². The molecule has 4 aromatic rings. The van der Waals surface area contributed by atoms with Crippen molar-refractivity contribution in [2.75, 3.05) is 5.32 Å². The smallest absolute Gasteiger partial charge is 0.264 e. The number of oxazole rings is 1. The van der Waals surface area contributed by atoms with E-state index in [1.54, 1.807) is 30.3 Å². The van der Waals surface area contributed by atoms with Gasteiger partial charge >= 0.3 is 0 Å². The quantitative estimate of drug-likeness (QED) is 0.558. The lowest BCUT2D eigenvalue weighted by Gasteiger charge is -2.09. The molecule has 0 spiro atoms. The zero-order valence-corrected chi connectivity index (χ0v) is 14.4. The third-order valence-corrected chi connectivity index (χ3v) is 3.67.